The zero-order valence-electron chi connectivity index (χ0n) is 7.24. The van der Waals surface area contributed by atoms with Crippen molar-refractivity contribution in [2.24, 2.45) is 11.8 Å². The third-order valence-electron chi connectivity index (χ3n) is 1.68. The fraction of sp³-hybridized carbons (Fsp3) is 0.875. The molecule has 0 unspecified atom stereocenters. The minimum absolute atomic E-state index is 0.340. The van der Waals surface area contributed by atoms with Crippen molar-refractivity contribution in [2.45, 2.75) is 33.3 Å². The molecule has 0 saturated heterocycles. The zero-order valence-corrected chi connectivity index (χ0v) is 7.24. The molecule has 0 aliphatic rings. The standard InChI is InChI=1S/C8H16O3/c1-5(2)4-7(9)6(3)8(10)11/h5-7,9H,4H2,1-3H3,(H,10,11)/t6-,7+/m1/s1. The molecular weight excluding hydrogens is 144 g/mol. The fourth-order valence-electron chi connectivity index (χ4n) is 0.852. The molecule has 0 saturated carbocycles. The molecule has 3 nitrogen and oxygen atoms in total. The van der Waals surface area contributed by atoms with Crippen LogP contribution in [0.3, 0.4) is 0 Å². The highest BCUT2D eigenvalue weighted by molar-refractivity contribution is 5.70. The van der Waals surface area contributed by atoms with Crippen molar-refractivity contribution in [2.75, 3.05) is 0 Å². The van der Waals surface area contributed by atoms with Crippen LogP contribution in [0, 0.1) is 11.8 Å². The first-order valence-electron chi connectivity index (χ1n) is 3.86. The Balaban J connectivity index is 3.82. The summed E-state index contributed by atoms with van der Waals surface area (Å²) in [7, 11) is 0. The summed E-state index contributed by atoms with van der Waals surface area (Å²) in [6.45, 7) is 5.44. The SMILES string of the molecule is CC(C)C[C@H](O)[C@@H](C)C(=O)O. The number of hydrogen-bond donors (Lipinski definition) is 2. The molecular formula is C8H16O3. The molecule has 66 valence electrons. The predicted molar refractivity (Wildman–Crippen MR) is 42.3 cm³/mol. The summed E-state index contributed by atoms with van der Waals surface area (Å²) in [6, 6.07) is 0. The van der Waals surface area contributed by atoms with Crippen molar-refractivity contribution < 1.29 is 15.0 Å². The highest BCUT2D eigenvalue weighted by Gasteiger charge is 2.21. The maximum Gasteiger partial charge on any atom is 0.308 e. The van der Waals surface area contributed by atoms with Gasteiger partial charge in [0.2, 0.25) is 0 Å². The van der Waals surface area contributed by atoms with Crippen molar-refractivity contribution in [3.8, 4) is 0 Å². The van der Waals surface area contributed by atoms with Crippen LogP contribution in [-0.2, 0) is 4.79 Å². The summed E-state index contributed by atoms with van der Waals surface area (Å²) in [4.78, 5) is 10.4. The van der Waals surface area contributed by atoms with E-state index in [0.717, 1.165) is 0 Å². The molecule has 11 heavy (non-hydrogen) atoms. The summed E-state index contributed by atoms with van der Waals surface area (Å²) in [6.07, 6.45) is -0.166. The van der Waals surface area contributed by atoms with Gasteiger partial charge in [-0.3, -0.25) is 4.79 Å². The Labute approximate surface area is 67.0 Å². The van der Waals surface area contributed by atoms with E-state index < -0.39 is 18.0 Å². The fourth-order valence-corrected chi connectivity index (χ4v) is 0.852. The normalized spacial score (nSPS) is 16.5. The molecule has 0 radical (unpaired) electrons. The van der Waals surface area contributed by atoms with Crippen LogP contribution in [0.4, 0.5) is 0 Å². The van der Waals surface area contributed by atoms with Gasteiger partial charge in [0.1, 0.15) is 0 Å². The van der Waals surface area contributed by atoms with E-state index in [1.165, 1.54) is 6.92 Å². The van der Waals surface area contributed by atoms with Gasteiger partial charge in [0.25, 0.3) is 0 Å². The number of carboxylic acids is 1. The van der Waals surface area contributed by atoms with Crippen LogP contribution in [0.15, 0.2) is 0 Å². The smallest absolute Gasteiger partial charge is 0.308 e. The predicted octanol–water partition coefficient (Wildman–Crippen LogP) is 1.11. The topological polar surface area (TPSA) is 57.5 Å². The molecule has 3 heteroatoms. The Kier molecular flexibility index (Phi) is 4.11. The highest BCUT2D eigenvalue weighted by Crippen LogP contribution is 2.12. The molecule has 2 atom stereocenters. The lowest BCUT2D eigenvalue weighted by molar-refractivity contribution is -0.145. The summed E-state index contributed by atoms with van der Waals surface area (Å²) in [5.41, 5.74) is 0. The van der Waals surface area contributed by atoms with Crippen LogP contribution in [0.5, 0.6) is 0 Å². The third-order valence-corrected chi connectivity index (χ3v) is 1.68. The van der Waals surface area contributed by atoms with E-state index in [1.54, 1.807) is 0 Å². The van der Waals surface area contributed by atoms with Gasteiger partial charge in [-0.15, -0.1) is 0 Å². The van der Waals surface area contributed by atoms with Gasteiger partial charge in [-0.2, -0.15) is 0 Å². The van der Waals surface area contributed by atoms with Crippen molar-refractivity contribution in [1.29, 1.82) is 0 Å². The van der Waals surface area contributed by atoms with Crippen molar-refractivity contribution in [1.82, 2.24) is 0 Å². The molecule has 0 bridgehead atoms. The summed E-state index contributed by atoms with van der Waals surface area (Å²) in [5, 5.41) is 17.8. The van der Waals surface area contributed by atoms with E-state index in [1.807, 2.05) is 13.8 Å². The lowest BCUT2D eigenvalue weighted by Crippen LogP contribution is -2.26. The van der Waals surface area contributed by atoms with E-state index >= 15 is 0 Å². The van der Waals surface area contributed by atoms with Gasteiger partial charge in [0.15, 0.2) is 0 Å². The molecule has 0 aromatic rings. The maximum absolute atomic E-state index is 10.4. The van der Waals surface area contributed by atoms with E-state index in [4.69, 9.17) is 5.11 Å². The Bertz CT molecular complexity index is 131. The first-order valence-corrected chi connectivity index (χ1v) is 3.86. The summed E-state index contributed by atoms with van der Waals surface area (Å²) in [5.74, 6) is -1.25. The summed E-state index contributed by atoms with van der Waals surface area (Å²) >= 11 is 0. The number of carboxylic acid groups (broad SMARTS) is 1. The number of carbonyl (C=O) groups is 1. The lowest BCUT2D eigenvalue weighted by Gasteiger charge is -2.16. The first kappa shape index (κ1) is 10.4. The lowest BCUT2D eigenvalue weighted by atomic mass is 9.96. The molecule has 0 aliphatic carbocycles. The number of aliphatic hydroxyl groups is 1. The van der Waals surface area contributed by atoms with Crippen LogP contribution in [0.1, 0.15) is 27.2 Å². The van der Waals surface area contributed by atoms with Gasteiger partial charge in [-0.05, 0) is 19.3 Å². The second-order valence-corrected chi connectivity index (χ2v) is 3.32. The van der Waals surface area contributed by atoms with E-state index in [9.17, 15) is 9.90 Å². The molecule has 0 rings (SSSR count). The Morgan fingerprint density at radius 3 is 2.09 bits per heavy atom. The van der Waals surface area contributed by atoms with E-state index in [2.05, 4.69) is 0 Å². The average molecular weight is 160 g/mol. The van der Waals surface area contributed by atoms with Crippen LogP contribution >= 0.6 is 0 Å². The van der Waals surface area contributed by atoms with Gasteiger partial charge in [0.05, 0.1) is 12.0 Å². The minimum atomic E-state index is -0.932. The van der Waals surface area contributed by atoms with Gasteiger partial charge in [0, 0.05) is 0 Å². The Morgan fingerprint density at radius 2 is 1.82 bits per heavy atom. The molecule has 2 N–H and O–H groups in total. The second kappa shape index (κ2) is 4.34. The number of aliphatic hydroxyl groups excluding tert-OH is 1. The monoisotopic (exact) mass is 160 g/mol. The molecule has 0 heterocycles. The largest absolute Gasteiger partial charge is 0.481 e. The van der Waals surface area contributed by atoms with Crippen LogP contribution < -0.4 is 0 Å². The quantitative estimate of drug-likeness (QED) is 0.647. The average Bonchev–Trinajstić information content (AvgIpc) is 1.84. The first-order chi connectivity index (χ1) is 4.95. The highest BCUT2D eigenvalue weighted by atomic mass is 16.4. The van der Waals surface area contributed by atoms with Gasteiger partial charge < -0.3 is 10.2 Å². The van der Waals surface area contributed by atoms with Crippen molar-refractivity contribution >= 4 is 5.97 Å². The van der Waals surface area contributed by atoms with Crippen LogP contribution in [0.2, 0.25) is 0 Å². The zero-order chi connectivity index (χ0) is 9.02. The Hall–Kier alpha value is -0.570. The molecule has 0 aliphatic heterocycles. The second-order valence-electron chi connectivity index (χ2n) is 3.32. The molecule has 0 aromatic heterocycles. The molecule has 0 aromatic carbocycles. The van der Waals surface area contributed by atoms with Gasteiger partial charge >= 0.3 is 5.97 Å². The van der Waals surface area contributed by atoms with E-state index in [-0.39, 0.29) is 0 Å². The van der Waals surface area contributed by atoms with Crippen LogP contribution in [0.25, 0.3) is 0 Å². The van der Waals surface area contributed by atoms with Gasteiger partial charge in [-0.25, -0.2) is 0 Å². The number of rotatable bonds is 4. The Morgan fingerprint density at radius 1 is 1.36 bits per heavy atom. The third kappa shape index (κ3) is 3.98. The van der Waals surface area contributed by atoms with Crippen molar-refractivity contribution in [3.05, 3.63) is 0 Å². The summed E-state index contributed by atoms with van der Waals surface area (Å²) < 4.78 is 0. The number of aliphatic carboxylic acids is 1. The van der Waals surface area contributed by atoms with Crippen LogP contribution in [-0.4, -0.2) is 22.3 Å². The van der Waals surface area contributed by atoms with Gasteiger partial charge in [-0.1, -0.05) is 13.8 Å². The minimum Gasteiger partial charge on any atom is -0.481 e. The molecule has 0 amide bonds. The molecule has 0 fully saturated rings. The maximum atomic E-state index is 10.4. The van der Waals surface area contributed by atoms with Crippen molar-refractivity contribution in [3.63, 3.8) is 0 Å². The molecule has 0 spiro atoms. The van der Waals surface area contributed by atoms with E-state index in [0.29, 0.717) is 12.3 Å². The number of hydrogen-bond acceptors (Lipinski definition) is 2.